The maximum atomic E-state index is 10.0. The highest BCUT2D eigenvalue weighted by Gasteiger charge is 2.20. The Morgan fingerprint density at radius 3 is 2.88 bits per heavy atom. The second kappa shape index (κ2) is 5.23. The van der Waals surface area contributed by atoms with E-state index in [9.17, 15) is 5.11 Å². The first kappa shape index (κ1) is 12.0. The monoisotopic (exact) mass is 234 g/mol. The molecule has 1 aliphatic carbocycles. The largest absolute Gasteiger partial charge is 0.493 e. The summed E-state index contributed by atoms with van der Waals surface area (Å²) in [6.07, 6.45) is 5.06. The number of aliphatic hydroxyl groups is 1. The lowest BCUT2D eigenvalue weighted by Crippen LogP contribution is -2.05. The summed E-state index contributed by atoms with van der Waals surface area (Å²) < 4.78 is 11.0. The van der Waals surface area contributed by atoms with Gasteiger partial charge in [0.1, 0.15) is 0 Å². The molecule has 0 saturated carbocycles. The molecule has 0 aromatic heterocycles. The SMILES string of the molecule is CCOc1c(OC)ccc2c1CC=CCC2O. The average molecular weight is 234 g/mol. The molecular weight excluding hydrogens is 216 g/mol. The predicted molar refractivity (Wildman–Crippen MR) is 66.6 cm³/mol. The van der Waals surface area contributed by atoms with Crippen LogP contribution in [0.5, 0.6) is 11.5 Å². The summed E-state index contributed by atoms with van der Waals surface area (Å²) in [5, 5.41) is 10.0. The van der Waals surface area contributed by atoms with Gasteiger partial charge in [-0.25, -0.2) is 0 Å². The highest BCUT2D eigenvalue weighted by Crippen LogP contribution is 2.38. The molecule has 17 heavy (non-hydrogen) atoms. The molecule has 0 spiro atoms. The number of allylic oxidation sites excluding steroid dienone is 1. The zero-order valence-corrected chi connectivity index (χ0v) is 10.3. The van der Waals surface area contributed by atoms with Crippen LogP contribution in [0.3, 0.4) is 0 Å². The third-order valence-electron chi connectivity index (χ3n) is 2.98. The molecule has 0 bridgehead atoms. The highest BCUT2D eigenvalue weighted by atomic mass is 16.5. The summed E-state index contributed by atoms with van der Waals surface area (Å²) in [7, 11) is 1.63. The minimum Gasteiger partial charge on any atom is -0.493 e. The molecule has 0 radical (unpaired) electrons. The Morgan fingerprint density at radius 1 is 1.35 bits per heavy atom. The maximum Gasteiger partial charge on any atom is 0.164 e. The summed E-state index contributed by atoms with van der Waals surface area (Å²) in [4.78, 5) is 0. The molecule has 1 aromatic rings. The zero-order chi connectivity index (χ0) is 12.3. The van der Waals surface area contributed by atoms with Gasteiger partial charge in [-0.2, -0.15) is 0 Å². The van der Waals surface area contributed by atoms with Crippen LogP contribution in [0.2, 0.25) is 0 Å². The van der Waals surface area contributed by atoms with Gasteiger partial charge >= 0.3 is 0 Å². The Morgan fingerprint density at radius 2 is 2.18 bits per heavy atom. The van der Waals surface area contributed by atoms with E-state index < -0.39 is 6.10 Å². The molecule has 3 nitrogen and oxygen atoms in total. The van der Waals surface area contributed by atoms with Crippen LogP contribution in [-0.4, -0.2) is 18.8 Å². The number of aliphatic hydroxyl groups excluding tert-OH is 1. The van der Waals surface area contributed by atoms with Gasteiger partial charge in [0, 0.05) is 5.56 Å². The van der Waals surface area contributed by atoms with Crippen LogP contribution in [0.15, 0.2) is 24.3 Å². The van der Waals surface area contributed by atoms with E-state index in [0.29, 0.717) is 13.0 Å². The first-order chi connectivity index (χ1) is 8.27. The third kappa shape index (κ3) is 2.29. The van der Waals surface area contributed by atoms with Crippen LogP contribution in [-0.2, 0) is 6.42 Å². The van der Waals surface area contributed by atoms with Gasteiger partial charge in [-0.1, -0.05) is 18.2 Å². The topological polar surface area (TPSA) is 38.7 Å². The van der Waals surface area contributed by atoms with Crippen molar-refractivity contribution >= 4 is 0 Å². The maximum absolute atomic E-state index is 10.0. The first-order valence-electron chi connectivity index (χ1n) is 5.93. The molecule has 1 atom stereocenters. The number of hydrogen-bond donors (Lipinski definition) is 1. The number of fused-ring (bicyclic) bond motifs is 1. The highest BCUT2D eigenvalue weighted by molar-refractivity contribution is 5.53. The first-order valence-corrected chi connectivity index (χ1v) is 5.93. The number of ether oxygens (including phenoxy) is 2. The zero-order valence-electron chi connectivity index (χ0n) is 10.3. The Balaban J connectivity index is 2.53. The molecular formula is C14H18O3. The van der Waals surface area contributed by atoms with Crippen molar-refractivity contribution in [2.75, 3.05) is 13.7 Å². The van der Waals surface area contributed by atoms with E-state index in [1.54, 1.807) is 7.11 Å². The van der Waals surface area contributed by atoms with E-state index in [1.807, 2.05) is 25.1 Å². The lowest BCUT2D eigenvalue weighted by molar-refractivity contribution is 0.180. The minimum atomic E-state index is -0.450. The van der Waals surface area contributed by atoms with Gasteiger partial charge < -0.3 is 14.6 Å². The van der Waals surface area contributed by atoms with Crippen molar-refractivity contribution in [2.24, 2.45) is 0 Å². The van der Waals surface area contributed by atoms with E-state index in [-0.39, 0.29) is 0 Å². The Bertz CT molecular complexity index is 424. The van der Waals surface area contributed by atoms with Crippen LogP contribution >= 0.6 is 0 Å². The van der Waals surface area contributed by atoms with Gasteiger partial charge in [0.05, 0.1) is 19.8 Å². The number of rotatable bonds is 3. The van der Waals surface area contributed by atoms with E-state index in [1.165, 1.54) is 0 Å². The van der Waals surface area contributed by atoms with Crippen LogP contribution in [0.1, 0.15) is 30.6 Å². The van der Waals surface area contributed by atoms with Crippen LogP contribution in [0.25, 0.3) is 0 Å². The summed E-state index contributed by atoms with van der Waals surface area (Å²) in [5.41, 5.74) is 1.98. The molecule has 92 valence electrons. The third-order valence-corrected chi connectivity index (χ3v) is 2.98. The van der Waals surface area contributed by atoms with Crippen molar-refractivity contribution in [3.8, 4) is 11.5 Å². The van der Waals surface area contributed by atoms with E-state index in [0.717, 1.165) is 29.0 Å². The molecule has 1 aliphatic rings. The normalized spacial score (nSPS) is 18.4. The van der Waals surface area contributed by atoms with Crippen molar-refractivity contribution in [1.29, 1.82) is 0 Å². The second-order valence-corrected chi connectivity index (χ2v) is 4.02. The van der Waals surface area contributed by atoms with Crippen molar-refractivity contribution in [1.82, 2.24) is 0 Å². The summed E-state index contributed by atoms with van der Waals surface area (Å²) in [6.45, 7) is 2.54. The van der Waals surface area contributed by atoms with Gasteiger partial charge in [0.2, 0.25) is 0 Å². The molecule has 1 unspecified atom stereocenters. The molecule has 0 fully saturated rings. The van der Waals surface area contributed by atoms with Crippen LogP contribution < -0.4 is 9.47 Å². The van der Waals surface area contributed by atoms with Crippen molar-refractivity contribution in [3.05, 3.63) is 35.4 Å². The van der Waals surface area contributed by atoms with E-state index in [4.69, 9.17) is 9.47 Å². The van der Waals surface area contributed by atoms with Crippen molar-refractivity contribution < 1.29 is 14.6 Å². The van der Waals surface area contributed by atoms with Gasteiger partial charge in [0.15, 0.2) is 11.5 Å². The van der Waals surface area contributed by atoms with Gasteiger partial charge in [-0.3, -0.25) is 0 Å². The average Bonchev–Trinajstić information content (AvgIpc) is 2.53. The fraction of sp³-hybridized carbons (Fsp3) is 0.429. The quantitative estimate of drug-likeness (QED) is 0.817. The Kier molecular flexibility index (Phi) is 3.69. The predicted octanol–water partition coefficient (Wildman–Crippen LogP) is 2.63. The van der Waals surface area contributed by atoms with Crippen LogP contribution in [0.4, 0.5) is 0 Å². The van der Waals surface area contributed by atoms with Crippen molar-refractivity contribution in [3.63, 3.8) is 0 Å². The van der Waals surface area contributed by atoms with E-state index in [2.05, 4.69) is 6.08 Å². The summed E-state index contributed by atoms with van der Waals surface area (Å²) in [5.74, 6) is 1.49. The molecule has 2 rings (SSSR count). The molecule has 0 amide bonds. The lowest BCUT2D eigenvalue weighted by atomic mass is 9.99. The second-order valence-electron chi connectivity index (χ2n) is 4.02. The van der Waals surface area contributed by atoms with E-state index >= 15 is 0 Å². The van der Waals surface area contributed by atoms with Gasteiger partial charge in [-0.05, 0) is 31.4 Å². The molecule has 0 heterocycles. The minimum absolute atomic E-state index is 0.450. The van der Waals surface area contributed by atoms with Gasteiger partial charge in [0.25, 0.3) is 0 Å². The molecule has 1 aromatic carbocycles. The Labute approximate surface area is 102 Å². The molecule has 0 aliphatic heterocycles. The molecule has 0 saturated heterocycles. The summed E-state index contributed by atoms with van der Waals surface area (Å²) >= 11 is 0. The lowest BCUT2D eigenvalue weighted by Gasteiger charge is -2.18. The van der Waals surface area contributed by atoms with Crippen molar-refractivity contribution in [2.45, 2.75) is 25.9 Å². The fourth-order valence-electron chi connectivity index (χ4n) is 2.16. The number of benzene rings is 1. The molecule has 1 N–H and O–H groups in total. The number of methoxy groups -OCH3 is 1. The molecule has 3 heteroatoms. The smallest absolute Gasteiger partial charge is 0.164 e. The summed E-state index contributed by atoms with van der Waals surface area (Å²) in [6, 6.07) is 3.78. The number of hydrogen-bond acceptors (Lipinski definition) is 3. The Hall–Kier alpha value is -1.48. The standard InChI is InChI=1S/C14H18O3/c1-3-17-14-11-6-4-5-7-12(15)10(11)8-9-13(14)16-2/h4-5,8-9,12,15H,3,6-7H2,1-2H3. The van der Waals surface area contributed by atoms with Crippen LogP contribution in [0, 0.1) is 0 Å². The fourth-order valence-corrected chi connectivity index (χ4v) is 2.16. The van der Waals surface area contributed by atoms with Gasteiger partial charge in [-0.15, -0.1) is 0 Å².